The molecular formula is C14H21N3. The fourth-order valence-electron chi connectivity index (χ4n) is 1.71. The van der Waals surface area contributed by atoms with Gasteiger partial charge in [-0.1, -0.05) is 19.1 Å². The monoisotopic (exact) mass is 231 g/mol. The highest BCUT2D eigenvalue weighted by Crippen LogP contribution is 2.14. The number of rotatable bonds is 6. The van der Waals surface area contributed by atoms with Crippen molar-refractivity contribution in [3.63, 3.8) is 0 Å². The second-order valence-corrected chi connectivity index (χ2v) is 4.36. The normalized spacial score (nSPS) is 11.9. The molecule has 0 spiro atoms. The molecule has 1 rings (SSSR count). The van der Waals surface area contributed by atoms with Crippen molar-refractivity contribution in [3.8, 4) is 6.07 Å². The Kier molecular flexibility index (Phi) is 5.51. The van der Waals surface area contributed by atoms with Crippen LogP contribution in [0, 0.1) is 18.3 Å². The molecule has 1 unspecified atom stereocenters. The number of hydrogen-bond donors (Lipinski definition) is 1. The average molecular weight is 231 g/mol. The third-order valence-electron chi connectivity index (χ3n) is 2.70. The first-order valence-corrected chi connectivity index (χ1v) is 6.08. The molecule has 1 aromatic carbocycles. The van der Waals surface area contributed by atoms with Crippen molar-refractivity contribution in [2.24, 2.45) is 0 Å². The van der Waals surface area contributed by atoms with E-state index in [1.54, 1.807) is 0 Å². The molecule has 0 fully saturated rings. The Morgan fingerprint density at radius 3 is 2.82 bits per heavy atom. The van der Waals surface area contributed by atoms with Gasteiger partial charge in [-0.25, -0.2) is 0 Å². The van der Waals surface area contributed by atoms with E-state index in [1.165, 1.54) is 5.56 Å². The number of nitrogens with zero attached hydrogens (tertiary/aromatic N) is 2. The largest absolute Gasteiger partial charge is 0.372 e. The Morgan fingerprint density at radius 1 is 1.47 bits per heavy atom. The minimum absolute atomic E-state index is 0.111. The summed E-state index contributed by atoms with van der Waals surface area (Å²) >= 11 is 0. The van der Waals surface area contributed by atoms with Gasteiger partial charge in [0.15, 0.2) is 0 Å². The van der Waals surface area contributed by atoms with Crippen LogP contribution in [0.2, 0.25) is 0 Å². The molecule has 3 nitrogen and oxygen atoms in total. The van der Waals surface area contributed by atoms with E-state index < -0.39 is 0 Å². The predicted molar refractivity (Wildman–Crippen MR) is 72.1 cm³/mol. The van der Waals surface area contributed by atoms with Gasteiger partial charge in [-0.15, -0.1) is 0 Å². The van der Waals surface area contributed by atoms with E-state index >= 15 is 0 Å². The fraction of sp³-hybridized carbons (Fsp3) is 0.500. The average Bonchev–Trinajstić information content (AvgIpc) is 2.34. The Hall–Kier alpha value is -1.53. The van der Waals surface area contributed by atoms with E-state index in [4.69, 9.17) is 5.26 Å². The zero-order valence-electron chi connectivity index (χ0n) is 10.9. The lowest BCUT2D eigenvalue weighted by molar-refractivity contribution is 0.591. The lowest BCUT2D eigenvalue weighted by atomic mass is 10.2. The first-order chi connectivity index (χ1) is 8.17. The Balaban J connectivity index is 2.58. The molecule has 0 saturated carbocycles. The van der Waals surface area contributed by atoms with Crippen molar-refractivity contribution in [2.75, 3.05) is 25.0 Å². The summed E-state index contributed by atoms with van der Waals surface area (Å²) in [5, 5.41) is 12.3. The van der Waals surface area contributed by atoms with Crippen LogP contribution in [-0.4, -0.2) is 26.2 Å². The Bertz CT molecular complexity index is 381. The quantitative estimate of drug-likeness (QED) is 0.816. The van der Waals surface area contributed by atoms with E-state index in [-0.39, 0.29) is 6.04 Å². The number of aryl methyl sites for hydroxylation is 1. The van der Waals surface area contributed by atoms with Gasteiger partial charge in [0.2, 0.25) is 0 Å². The minimum atomic E-state index is -0.111. The summed E-state index contributed by atoms with van der Waals surface area (Å²) in [6.07, 6.45) is 1.05. The molecule has 0 aliphatic rings. The van der Waals surface area contributed by atoms with Crippen molar-refractivity contribution in [2.45, 2.75) is 26.3 Å². The van der Waals surface area contributed by atoms with Gasteiger partial charge in [-0.3, -0.25) is 0 Å². The highest BCUT2D eigenvalue weighted by molar-refractivity contribution is 5.48. The van der Waals surface area contributed by atoms with Gasteiger partial charge in [0.25, 0.3) is 0 Å². The maximum atomic E-state index is 9.06. The maximum Gasteiger partial charge on any atom is 0.113 e. The van der Waals surface area contributed by atoms with Gasteiger partial charge in [0.05, 0.1) is 6.07 Å². The molecule has 17 heavy (non-hydrogen) atoms. The molecule has 0 saturated heterocycles. The molecule has 1 aromatic rings. The van der Waals surface area contributed by atoms with Crippen LogP contribution in [0.1, 0.15) is 18.9 Å². The molecule has 0 bridgehead atoms. The maximum absolute atomic E-state index is 9.06. The van der Waals surface area contributed by atoms with Crippen LogP contribution in [0.15, 0.2) is 24.3 Å². The van der Waals surface area contributed by atoms with E-state index in [0.717, 1.165) is 18.7 Å². The molecule has 1 atom stereocenters. The van der Waals surface area contributed by atoms with Crippen LogP contribution in [0.25, 0.3) is 0 Å². The lowest BCUT2D eigenvalue weighted by Crippen LogP contribution is -2.39. The third kappa shape index (κ3) is 4.46. The highest BCUT2D eigenvalue weighted by atomic mass is 15.1. The molecule has 0 aliphatic heterocycles. The van der Waals surface area contributed by atoms with Gasteiger partial charge in [-0.2, -0.15) is 5.26 Å². The zero-order chi connectivity index (χ0) is 12.7. The topological polar surface area (TPSA) is 39.1 Å². The molecule has 92 valence electrons. The van der Waals surface area contributed by atoms with Gasteiger partial charge >= 0.3 is 0 Å². The second-order valence-electron chi connectivity index (χ2n) is 4.36. The van der Waals surface area contributed by atoms with Gasteiger partial charge in [0, 0.05) is 19.3 Å². The highest BCUT2D eigenvalue weighted by Gasteiger charge is 2.10. The van der Waals surface area contributed by atoms with Crippen molar-refractivity contribution in [1.82, 2.24) is 5.32 Å². The minimum Gasteiger partial charge on any atom is -0.372 e. The molecule has 0 radical (unpaired) electrons. The van der Waals surface area contributed by atoms with E-state index in [0.29, 0.717) is 6.54 Å². The molecule has 0 amide bonds. The summed E-state index contributed by atoms with van der Waals surface area (Å²) < 4.78 is 0. The van der Waals surface area contributed by atoms with Gasteiger partial charge in [0.1, 0.15) is 6.04 Å². The standard InChI is InChI=1S/C14H21N3/c1-4-8-16-13(10-15)11-17(3)14-7-5-6-12(2)9-14/h5-7,9,13,16H,4,8,11H2,1-3H3. The summed E-state index contributed by atoms with van der Waals surface area (Å²) in [6, 6.07) is 10.5. The van der Waals surface area contributed by atoms with Crippen LogP contribution in [-0.2, 0) is 0 Å². The first kappa shape index (κ1) is 13.5. The number of likely N-dealkylation sites (N-methyl/N-ethyl adjacent to an activating group) is 1. The summed E-state index contributed by atoms with van der Waals surface area (Å²) in [5.74, 6) is 0. The summed E-state index contributed by atoms with van der Waals surface area (Å²) in [4.78, 5) is 2.11. The summed E-state index contributed by atoms with van der Waals surface area (Å²) in [7, 11) is 2.02. The number of anilines is 1. The van der Waals surface area contributed by atoms with Crippen LogP contribution in [0.3, 0.4) is 0 Å². The molecule has 0 heterocycles. The van der Waals surface area contributed by atoms with E-state index in [2.05, 4.69) is 48.3 Å². The van der Waals surface area contributed by atoms with Crippen molar-refractivity contribution < 1.29 is 0 Å². The number of hydrogen-bond acceptors (Lipinski definition) is 3. The smallest absolute Gasteiger partial charge is 0.113 e. The van der Waals surface area contributed by atoms with Crippen LogP contribution < -0.4 is 10.2 Å². The second kappa shape index (κ2) is 6.93. The molecule has 0 aliphatic carbocycles. The lowest BCUT2D eigenvalue weighted by Gasteiger charge is -2.23. The zero-order valence-corrected chi connectivity index (χ0v) is 10.9. The number of nitrogens with one attached hydrogen (secondary N) is 1. The third-order valence-corrected chi connectivity index (χ3v) is 2.70. The van der Waals surface area contributed by atoms with Crippen molar-refractivity contribution >= 4 is 5.69 Å². The first-order valence-electron chi connectivity index (χ1n) is 6.08. The predicted octanol–water partition coefficient (Wildman–Crippen LogP) is 2.32. The van der Waals surface area contributed by atoms with Gasteiger partial charge < -0.3 is 10.2 Å². The Labute approximate surface area is 104 Å². The van der Waals surface area contributed by atoms with E-state index in [9.17, 15) is 0 Å². The van der Waals surface area contributed by atoms with Crippen LogP contribution in [0.4, 0.5) is 5.69 Å². The number of benzene rings is 1. The summed E-state index contributed by atoms with van der Waals surface area (Å²) in [6.45, 7) is 5.78. The SMILES string of the molecule is CCCNC(C#N)CN(C)c1cccc(C)c1. The fourth-order valence-corrected chi connectivity index (χ4v) is 1.71. The summed E-state index contributed by atoms with van der Waals surface area (Å²) in [5.41, 5.74) is 2.40. The molecular weight excluding hydrogens is 210 g/mol. The van der Waals surface area contributed by atoms with Gasteiger partial charge in [-0.05, 0) is 37.6 Å². The van der Waals surface area contributed by atoms with E-state index in [1.807, 2.05) is 13.1 Å². The molecule has 1 N–H and O–H groups in total. The molecule has 0 aromatic heterocycles. The van der Waals surface area contributed by atoms with Crippen molar-refractivity contribution in [1.29, 1.82) is 5.26 Å². The Morgan fingerprint density at radius 2 is 2.24 bits per heavy atom. The number of nitriles is 1. The van der Waals surface area contributed by atoms with Crippen LogP contribution >= 0.6 is 0 Å². The van der Waals surface area contributed by atoms with Crippen LogP contribution in [0.5, 0.6) is 0 Å². The molecule has 3 heteroatoms. The van der Waals surface area contributed by atoms with Crippen molar-refractivity contribution in [3.05, 3.63) is 29.8 Å².